The van der Waals surface area contributed by atoms with Crippen molar-refractivity contribution in [3.8, 4) is 0 Å². The van der Waals surface area contributed by atoms with E-state index in [1.165, 1.54) is 0 Å². The van der Waals surface area contributed by atoms with E-state index in [1.807, 2.05) is 18.2 Å². The highest BCUT2D eigenvalue weighted by Crippen LogP contribution is 2.36. The zero-order chi connectivity index (χ0) is 11.5. The Hall–Kier alpha value is -0.900. The first-order chi connectivity index (χ1) is 7.00. The number of rotatable bonds is 4. The fourth-order valence-corrected chi connectivity index (χ4v) is 1.48. The highest BCUT2D eigenvalue weighted by Gasteiger charge is 2.35. The van der Waals surface area contributed by atoms with E-state index in [1.54, 1.807) is 26.0 Å². The van der Waals surface area contributed by atoms with Gasteiger partial charge >= 0.3 is 0 Å². The third-order valence-electron chi connectivity index (χ3n) is 2.85. The summed E-state index contributed by atoms with van der Waals surface area (Å²) in [7, 11) is 0. The van der Waals surface area contributed by atoms with E-state index in [0.717, 1.165) is 5.56 Å². The van der Waals surface area contributed by atoms with E-state index in [4.69, 9.17) is 5.11 Å². The van der Waals surface area contributed by atoms with Gasteiger partial charge in [0.25, 0.3) is 0 Å². The molecule has 0 aromatic heterocycles. The van der Waals surface area contributed by atoms with Crippen LogP contribution in [0.1, 0.15) is 25.5 Å². The quantitative estimate of drug-likeness (QED) is 0.697. The molecule has 0 spiro atoms. The van der Waals surface area contributed by atoms with Crippen molar-refractivity contribution in [1.29, 1.82) is 0 Å². The SMILES string of the molecule is CC(C)(C(O)CO)C(O)c1ccccc1. The zero-order valence-corrected chi connectivity index (χ0v) is 9.09. The molecule has 3 N–H and O–H groups in total. The lowest BCUT2D eigenvalue weighted by atomic mass is 9.78. The van der Waals surface area contributed by atoms with E-state index in [2.05, 4.69) is 0 Å². The normalized spacial score (nSPS) is 16.1. The summed E-state index contributed by atoms with van der Waals surface area (Å²) in [5.41, 5.74) is -0.0224. The van der Waals surface area contributed by atoms with Crippen molar-refractivity contribution < 1.29 is 15.3 Å². The second-order valence-electron chi connectivity index (χ2n) is 4.33. The Kier molecular flexibility index (Phi) is 3.85. The third kappa shape index (κ3) is 2.56. The van der Waals surface area contributed by atoms with Gasteiger partial charge in [-0.1, -0.05) is 44.2 Å². The van der Waals surface area contributed by atoms with Crippen molar-refractivity contribution in [3.05, 3.63) is 35.9 Å². The monoisotopic (exact) mass is 210 g/mol. The van der Waals surface area contributed by atoms with Crippen LogP contribution in [-0.2, 0) is 0 Å². The minimum Gasteiger partial charge on any atom is -0.394 e. The highest BCUT2D eigenvalue weighted by atomic mass is 16.3. The van der Waals surface area contributed by atoms with E-state index < -0.39 is 17.6 Å². The van der Waals surface area contributed by atoms with Crippen LogP contribution in [0.3, 0.4) is 0 Å². The van der Waals surface area contributed by atoms with Crippen molar-refractivity contribution in [3.63, 3.8) is 0 Å². The van der Waals surface area contributed by atoms with E-state index >= 15 is 0 Å². The van der Waals surface area contributed by atoms with Gasteiger partial charge in [0.1, 0.15) is 0 Å². The molecular weight excluding hydrogens is 192 g/mol. The predicted octanol–water partition coefficient (Wildman–Crippen LogP) is 1.10. The van der Waals surface area contributed by atoms with Crippen LogP contribution >= 0.6 is 0 Å². The Morgan fingerprint density at radius 1 is 1.13 bits per heavy atom. The summed E-state index contributed by atoms with van der Waals surface area (Å²) < 4.78 is 0. The summed E-state index contributed by atoms with van der Waals surface area (Å²) in [6.07, 6.45) is -1.73. The van der Waals surface area contributed by atoms with Gasteiger partial charge in [-0.2, -0.15) is 0 Å². The maximum absolute atomic E-state index is 10.1. The lowest BCUT2D eigenvalue weighted by molar-refractivity contribution is -0.0707. The number of hydrogen-bond acceptors (Lipinski definition) is 3. The van der Waals surface area contributed by atoms with Crippen LogP contribution in [0.2, 0.25) is 0 Å². The smallest absolute Gasteiger partial charge is 0.0866 e. The zero-order valence-electron chi connectivity index (χ0n) is 9.09. The first-order valence-corrected chi connectivity index (χ1v) is 5.02. The number of hydrogen-bond donors (Lipinski definition) is 3. The Morgan fingerprint density at radius 2 is 1.67 bits per heavy atom. The van der Waals surface area contributed by atoms with Gasteiger partial charge in [0, 0.05) is 5.41 Å². The maximum Gasteiger partial charge on any atom is 0.0866 e. The standard InChI is InChI=1S/C12H18O3/c1-12(2,10(14)8-13)11(15)9-6-4-3-5-7-9/h3-7,10-11,13-15H,8H2,1-2H3. The second kappa shape index (κ2) is 4.75. The Balaban J connectivity index is 2.89. The molecule has 0 aliphatic rings. The Bertz CT molecular complexity index is 295. The second-order valence-corrected chi connectivity index (χ2v) is 4.33. The molecule has 0 heterocycles. The minimum atomic E-state index is -0.937. The molecule has 0 amide bonds. The lowest BCUT2D eigenvalue weighted by Gasteiger charge is -2.34. The van der Waals surface area contributed by atoms with Crippen LogP contribution in [0, 0.1) is 5.41 Å². The number of benzene rings is 1. The molecule has 15 heavy (non-hydrogen) atoms. The van der Waals surface area contributed by atoms with Crippen LogP contribution in [-0.4, -0.2) is 28.0 Å². The lowest BCUT2D eigenvalue weighted by Crippen LogP contribution is -2.37. The molecule has 1 aromatic rings. The molecule has 0 aliphatic carbocycles. The summed E-state index contributed by atoms with van der Waals surface area (Å²) in [5.74, 6) is 0. The molecule has 2 atom stereocenters. The number of aliphatic hydroxyl groups excluding tert-OH is 3. The summed E-state index contributed by atoms with van der Waals surface area (Å²) in [6.45, 7) is 3.11. The summed E-state index contributed by atoms with van der Waals surface area (Å²) >= 11 is 0. The molecule has 0 radical (unpaired) electrons. The minimum absolute atomic E-state index is 0.350. The first-order valence-electron chi connectivity index (χ1n) is 5.02. The fourth-order valence-electron chi connectivity index (χ4n) is 1.48. The molecule has 0 bridgehead atoms. The first kappa shape index (κ1) is 12.2. The highest BCUT2D eigenvalue weighted by molar-refractivity contribution is 5.19. The molecule has 0 aliphatic heterocycles. The molecule has 2 unspecified atom stereocenters. The van der Waals surface area contributed by atoms with Crippen molar-refractivity contribution >= 4 is 0 Å². The summed E-state index contributed by atoms with van der Waals surface area (Å²) in [5, 5.41) is 28.6. The van der Waals surface area contributed by atoms with Gasteiger partial charge in [0.15, 0.2) is 0 Å². The van der Waals surface area contributed by atoms with Gasteiger partial charge < -0.3 is 15.3 Å². The Morgan fingerprint density at radius 3 is 2.13 bits per heavy atom. The van der Waals surface area contributed by atoms with Gasteiger partial charge in [-0.05, 0) is 5.56 Å². The van der Waals surface area contributed by atoms with Crippen molar-refractivity contribution in [2.75, 3.05) is 6.61 Å². The van der Waals surface area contributed by atoms with E-state index in [9.17, 15) is 10.2 Å². The molecule has 1 aromatic carbocycles. The van der Waals surface area contributed by atoms with E-state index in [0.29, 0.717) is 0 Å². The molecule has 0 saturated heterocycles. The van der Waals surface area contributed by atoms with Crippen LogP contribution in [0.4, 0.5) is 0 Å². The molecule has 0 fully saturated rings. The number of aliphatic hydroxyl groups is 3. The van der Waals surface area contributed by atoms with Gasteiger partial charge in [-0.15, -0.1) is 0 Å². The molecular formula is C12H18O3. The average molecular weight is 210 g/mol. The van der Waals surface area contributed by atoms with Crippen LogP contribution in [0.15, 0.2) is 30.3 Å². The van der Waals surface area contributed by atoms with E-state index in [-0.39, 0.29) is 6.61 Å². The molecule has 3 nitrogen and oxygen atoms in total. The predicted molar refractivity (Wildman–Crippen MR) is 58.3 cm³/mol. The average Bonchev–Trinajstić information content (AvgIpc) is 2.28. The van der Waals surface area contributed by atoms with Gasteiger partial charge in [-0.25, -0.2) is 0 Å². The maximum atomic E-state index is 10.1. The topological polar surface area (TPSA) is 60.7 Å². The van der Waals surface area contributed by atoms with Gasteiger partial charge in [0.2, 0.25) is 0 Å². The van der Waals surface area contributed by atoms with Crippen LogP contribution in [0.5, 0.6) is 0 Å². The van der Waals surface area contributed by atoms with Gasteiger partial charge in [0.05, 0.1) is 18.8 Å². The van der Waals surface area contributed by atoms with Crippen LogP contribution < -0.4 is 0 Å². The Labute approximate surface area is 90.0 Å². The largest absolute Gasteiger partial charge is 0.394 e. The van der Waals surface area contributed by atoms with Gasteiger partial charge in [-0.3, -0.25) is 0 Å². The summed E-state index contributed by atoms with van der Waals surface area (Å²) in [6, 6.07) is 9.14. The van der Waals surface area contributed by atoms with Crippen molar-refractivity contribution in [2.45, 2.75) is 26.1 Å². The van der Waals surface area contributed by atoms with Crippen molar-refractivity contribution in [2.24, 2.45) is 5.41 Å². The summed E-state index contributed by atoms with van der Waals surface area (Å²) in [4.78, 5) is 0. The molecule has 1 rings (SSSR count). The molecule has 3 heteroatoms. The third-order valence-corrected chi connectivity index (χ3v) is 2.85. The van der Waals surface area contributed by atoms with Crippen LogP contribution in [0.25, 0.3) is 0 Å². The van der Waals surface area contributed by atoms with Crippen molar-refractivity contribution in [1.82, 2.24) is 0 Å². The fraction of sp³-hybridized carbons (Fsp3) is 0.500. The molecule has 0 saturated carbocycles. The molecule has 84 valence electrons.